The number of fused-ring (bicyclic) bond motifs is 1. The van der Waals surface area contributed by atoms with Gasteiger partial charge in [-0.15, -0.1) is 10.2 Å². The zero-order chi connectivity index (χ0) is 23.3. The van der Waals surface area contributed by atoms with Gasteiger partial charge in [0, 0.05) is 35.3 Å². The summed E-state index contributed by atoms with van der Waals surface area (Å²) in [4.78, 5) is 7.77. The lowest BCUT2D eigenvalue weighted by Crippen LogP contribution is -2.61. The zero-order valence-corrected chi connectivity index (χ0v) is 20.2. The second kappa shape index (κ2) is 8.71. The van der Waals surface area contributed by atoms with Gasteiger partial charge in [0.15, 0.2) is 15.7 Å². The van der Waals surface area contributed by atoms with Crippen LogP contribution in [0.4, 0.5) is 18.9 Å². The number of rotatable bonds is 7. The number of pyridine rings is 1. The van der Waals surface area contributed by atoms with Crippen molar-refractivity contribution in [1.29, 1.82) is 0 Å². The summed E-state index contributed by atoms with van der Waals surface area (Å²) < 4.78 is 45.2. The minimum absolute atomic E-state index is 0.0885. The number of hydrogen-bond donors (Lipinski definition) is 2. The Morgan fingerprint density at radius 2 is 2.12 bits per heavy atom. The van der Waals surface area contributed by atoms with Crippen LogP contribution in [-0.2, 0) is 0 Å². The van der Waals surface area contributed by atoms with E-state index in [9.17, 15) is 13.2 Å². The average Bonchev–Trinajstić information content (AvgIpc) is 3.17. The van der Waals surface area contributed by atoms with Crippen LogP contribution in [0, 0.1) is 0 Å². The molecule has 1 saturated carbocycles. The van der Waals surface area contributed by atoms with Gasteiger partial charge in [-0.1, -0.05) is 11.3 Å². The van der Waals surface area contributed by atoms with Crippen LogP contribution in [0.2, 0.25) is 0 Å². The van der Waals surface area contributed by atoms with Crippen molar-refractivity contribution in [3.8, 4) is 10.7 Å². The lowest BCUT2D eigenvalue weighted by molar-refractivity contribution is 0.150. The summed E-state index contributed by atoms with van der Waals surface area (Å²) in [5, 5.41) is 11.0. The zero-order valence-electron chi connectivity index (χ0n) is 18.6. The molecule has 0 amide bonds. The van der Waals surface area contributed by atoms with Crippen LogP contribution >= 0.6 is 23.3 Å². The van der Waals surface area contributed by atoms with Gasteiger partial charge in [0.25, 0.3) is 6.43 Å². The van der Waals surface area contributed by atoms with Gasteiger partial charge in [-0.25, -0.2) is 18.2 Å². The summed E-state index contributed by atoms with van der Waals surface area (Å²) in [6.45, 7) is 6.39. The minimum Gasteiger partial charge on any atom is -0.363 e. The molecule has 0 radical (unpaired) electrons. The SMILES string of the molecule is C[C@@H]1N[C@@H](CF)CN(c2cc(SNC3(C)CC3)cn3c(-c4nnc(C(F)F)s4)cnc23)[C@H]1C. The van der Waals surface area contributed by atoms with Gasteiger partial charge in [0.05, 0.1) is 17.9 Å². The molecule has 3 aromatic heterocycles. The third kappa shape index (κ3) is 4.45. The van der Waals surface area contributed by atoms with Crippen LogP contribution in [0.15, 0.2) is 23.4 Å². The van der Waals surface area contributed by atoms with E-state index in [1.807, 2.05) is 10.6 Å². The molecule has 0 aromatic carbocycles. The summed E-state index contributed by atoms with van der Waals surface area (Å²) in [7, 11) is 0. The molecular formula is C21H26F3N7S2. The molecule has 12 heteroatoms. The third-order valence-corrected chi connectivity index (χ3v) is 8.46. The van der Waals surface area contributed by atoms with Gasteiger partial charge in [-0.2, -0.15) is 0 Å². The van der Waals surface area contributed by atoms with E-state index in [0.717, 1.165) is 34.8 Å². The van der Waals surface area contributed by atoms with Crippen LogP contribution < -0.4 is 14.9 Å². The largest absolute Gasteiger partial charge is 0.363 e. The molecule has 3 aromatic rings. The first-order valence-electron chi connectivity index (χ1n) is 10.9. The first kappa shape index (κ1) is 22.9. The van der Waals surface area contributed by atoms with Gasteiger partial charge in [-0.05, 0) is 51.6 Å². The Bertz CT molecular complexity index is 1150. The van der Waals surface area contributed by atoms with Crippen molar-refractivity contribution < 1.29 is 13.2 Å². The van der Waals surface area contributed by atoms with Crippen molar-refractivity contribution in [1.82, 2.24) is 29.6 Å². The third-order valence-electron chi connectivity index (χ3n) is 6.45. The van der Waals surface area contributed by atoms with Gasteiger partial charge in [0.2, 0.25) is 0 Å². The highest BCUT2D eigenvalue weighted by Crippen LogP contribution is 2.39. The molecule has 5 rings (SSSR count). The first-order chi connectivity index (χ1) is 15.8. The smallest absolute Gasteiger partial charge is 0.291 e. The number of imidazole rings is 1. The maximum absolute atomic E-state index is 13.6. The fourth-order valence-electron chi connectivity index (χ4n) is 4.02. The Morgan fingerprint density at radius 3 is 2.79 bits per heavy atom. The molecule has 0 spiro atoms. The van der Waals surface area contributed by atoms with Crippen LogP contribution in [0.1, 0.15) is 45.0 Å². The van der Waals surface area contributed by atoms with E-state index in [4.69, 9.17) is 0 Å². The molecule has 2 aliphatic rings. The highest BCUT2D eigenvalue weighted by molar-refractivity contribution is 7.97. The predicted octanol–water partition coefficient (Wildman–Crippen LogP) is 4.46. The van der Waals surface area contributed by atoms with Crippen molar-refractivity contribution in [2.24, 2.45) is 0 Å². The number of piperazine rings is 1. The molecule has 0 unspecified atom stereocenters. The number of hydrogen-bond acceptors (Lipinski definition) is 8. The lowest BCUT2D eigenvalue weighted by atomic mass is 10.0. The second-order valence-corrected chi connectivity index (χ2v) is 11.0. The second-order valence-electron chi connectivity index (χ2n) is 9.11. The number of alkyl halides is 3. The topological polar surface area (TPSA) is 70.4 Å². The minimum atomic E-state index is -2.67. The molecule has 0 bridgehead atoms. The Kier molecular flexibility index (Phi) is 6.04. The monoisotopic (exact) mass is 497 g/mol. The molecule has 4 heterocycles. The lowest BCUT2D eigenvalue weighted by Gasteiger charge is -2.43. The Labute approximate surface area is 198 Å². The molecular weight excluding hydrogens is 471 g/mol. The first-order valence-corrected chi connectivity index (χ1v) is 12.6. The molecule has 3 atom stereocenters. The van der Waals surface area contributed by atoms with E-state index < -0.39 is 13.1 Å². The molecule has 33 heavy (non-hydrogen) atoms. The van der Waals surface area contributed by atoms with Crippen LogP contribution in [-0.4, -0.2) is 56.5 Å². The maximum Gasteiger partial charge on any atom is 0.291 e. The van der Waals surface area contributed by atoms with E-state index in [0.29, 0.717) is 22.9 Å². The Hall–Kier alpha value is -1.89. The quantitative estimate of drug-likeness (QED) is 0.467. The fourth-order valence-corrected chi connectivity index (χ4v) is 5.62. The molecule has 1 aliphatic carbocycles. The van der Waals surface area contributed by atoms with E-state index in [1.54, 1.807) is 18.1 Å². The van der Waals surface area contributed by atoms with E-state index in [-0.39, 0.29) is 28.7 Å². The highest BCUT2D eigenvalue weighted by atomic mass is 32.2. The van der Waals surface area contributed by atoms with Crippen molar-refractivity contribution in [3.63, 3.8) is 0 Å². The number of nitrogens with zero attached hydrogens (tertiary/aromatic N) is 5. The van der Waals surface area contributed by atoms with Crippen molar-refractivity contribution in [3.05, 3.63) is 23.5 Å². The molecule has 2 N–H and O–H groups in total. The van der Waals surface area contributed by atoms with Gasteiger partial charge in [-0.3, -0.25) is 9.12 Å². The summed E-state index contributed by atoms with van der Waals surface area (Å²) in [6, 6.07) is 2.00. The van der Waals surface area contributed by atoms with Crippen LogP contribution in [0.3, 0.4) is 0 Å². The number of nitrogens with one attached hydrogen (secondary N) is 2. The predicted molar refractivity (Wildman–Crippen MR) is 125 cm³/mol. The molecule has 1 saturated heterocycles. The summed E-state index contributed by atoms with van der Waals surface area (Å²) in [6.07, 6.45) is 3.16. The van der Waals surface area contributed by atoms with E-state index >= 15 is 0 Å². The highest BCUT2D eigenvalue weighted by Gasteiger charge is 2.37. The van der Waals surface area contributed by atoms with E-state index in [1.165, 1.54) is 0 Å². The van der Waals surface area contributed by atoms with Crippen molar-refractivity contribution >= 4 is 34.6 Å². The van der Waals surface area contributed by atoms with E-state index in [2.05, 4.69) is 57.0 Å². The maximum atomic E-state index is 13.6. The van der Waals surface area contributed by atoms with Gasteiger partial charge < -0.3 is 10.2 Å². The van der Waals surface area contributed by atoms with Crippen molar-refractivity contribution in [2.45, 2.75) is 68.6 Å². The molecule has 7 nitrogen and oxygen atoms in total. The normalized spacial score (nSPS) is 24.7. The molecule has 2 fully saturated rings. The summed E-state index contributed by atoms with van der Waals surface area (Å²) in [5.74, 6) is 0. The van der Waals surface area contributed by atoms with Gasteiger partial charge in [0.1, 0.15) is 12.4 Å². The van der Waals surface area contributed by atoms with Crippen LogP contribution in [0.25, 0.3) is 16.3 Å². The summed E-state index contributed by atoms with van der Waals surface area (Å²) >= 11 is 2.41. The average molecular weight is 498 g/mol. The van der Waals surface area contributed by atoms with Gasteiger partial charge >= 0.3 is 0 Å². The molecule has 178 valence electrons. The number of halogens is 3. The van der Waals surface area contributed by atoms with Crippen molar-refractivity contribution in [2.75, 3.05) is 18.1 Å². The fraction of sp³-hybridized carbons (Fsp3) is 0.571. The number of aromatic nitrogens is 4. The Balaban J connectivity index is 1.60. The standard InChI is InChI=1S/C21H26F3N7S2/c1-11-12(2)30(9-13(7-22)26-11)15-6-14(33-29-21(3)4-5-21)10-31-16(8-25-18(15)31)19-27-28-20(32-19)17(23)24/h6,8,10-13,17,26,29H,4-5,7,9H2,1-3H3/t11-,12-,13-/m0/s1. The Morgan fingerprint density at radius 1 is 1.33 bits per heavy atom. The van der Waals surface area contributed by atoms with Crippen LogP contribution in [0.5, 0.6) is 0 Å². The summed E-state index contributed by atoms with van der Waals surface area (Å²) in [5.41, 5.74) is 2.29. The number of anilines is 1. The molecule has 1 aliphatic heterocycles.